The highest BCUT2D eigenvalue weighted by atomic mass is 32.1. The van der Waals surface area contributed by atoms with Crippen molar-refractivity contribution in [3.63, 3.8) is 0 Å². The third-order valence-corrected chi connectivity index (χ3v) is 2.17. The van der Waals surface area contributed by atoms with Crippen molar-refractivity contribution in [2.75, 3.05) is 6.61 Å². The molecule has 0 N–H and O–H groups in total. The lowest BCUT2D eigenvalue weighted by atomic mass is 10.1. The molecule has 0 saturated carbocycles. The van der Waals surface area contributed by atoms with Gasteiger partial charge in [-0.25, -0.2) is 0 Å². The van der Waals surface area contributed by atoms with Crippen LogP contribution >= 0.6 is 12.2 Å². The van der Waals surface area contributed by atoms with Crippen LogP contribution in [0, 0.1) is 0 Å². The van der Waals surface area contributed by atoms with Gasteiger partial charge in [-0.05, 0) is 5.56 Å². The second-order valence-corrected chi connectivity index (χ2v) is 3.32. The van der Waals surface area contributed by atoms with Crippen LogP contribution in [-0.4, -0.2) is 17.9 Å². The molecule has 1 aliphatic heterocycles. The summed E-state index contributed by atoms with van der Waals surface area (Å²) in [6.07, 6.45) is 0.955. The Bertz CT molecular complexity index is 297. The molecule has 2 nitrogen and oxygen atoms in total. The van der Waals surface area contributed by atoms with Crippen LogP contribution in [-0.2, 0) is 15.9 Å². The Morgan fingerprint density at radius 3 is 2.69 bits per heavy atom. The molecule has 3 heteroatoms. The van der Waals surface area contributed by atoms with E-state index in [2.05, 4.69) is 12.1 Å². The van der Waals surface area contributed by atoms with Crippen LogP contribution in [0.5, 0.6) is 0 Å². The Kier molecular flexibility index (Phi) is 2.45. The molecule has 0 spiro atoms. The molecule has 0 aliphatic carbocycles. The lowest BCUT2D eigenvalue weighted by Gasteiger charge is -2.05. The van der Waals surface area contributed by atoms with E-state index in [0.29, 0.717) is 6.61 Å². The number of rotatable bonds is 2. The summed E-state index contributed by atoms with van der Waals surface area (Å²) in [5.74, 6) is 0. The summed E-state index contributed by atoms with van der Waals surface area (Å²) >= 11 is 4.77. The Morgan fingerprint density at radius 2 is 2.08 bits per heavy atom. The van der Waals surface area contributed by atoms with Crippen molar-refractivity contribution in [2.45, 2.75) is 12.5 Å². The highest BCUT2D eigenvalue weighted by Crippen LogP contribution is 2.12. The first-order valence-corrected chi connectivity index (χ1v) is 4.63. The van der Waals surface area contributed by atoms with Gasteiger partial charge in [-0.3, -0.25) is 0 Å². The van der Waals surface area contributed by atoms with Crippen molar-refractivity contribution < 1.29 is 9.47 Å². The highest BCUT2D eigenvalue weighted by Gasteiger charge is 2.21. The van der Waals surface area contributed by atoms with Crippen molar-refractivity contribution in [3.8, 4) is 0 Å². The fraction of sp³-hybridized carbons (Fsp3) is 0.300. The van der Waals surface area contributed by atoms with E-state index in [1.807, 2.05) is 18.2 Å². The van der Waals surface area contributed by atoms with Crippen molar-refractivity contribution in [3.05, 3.63) is 35.9 Å². The molecule has 1 heterocycles. The van der Waals surface area contributed by atoms with Gasteiger partial charge in [0.15, 0.2) is 0 Å². The van der Waals surface area contributed by atoms with Gasteiger partial charge in [0.1, 0.15) is 12.7 Å². The van der Waals surface area contributed by atoms with Crippen LogP contribution in [0.15, 0.2) is 30.3 Å². The van der Waals surface area contributed by atoms with Crippen molar-refractivity contribution >= 4 is 17.5 Å². The summed E-state index contributed by atoms with van der Waals surface area (Å²) in [6.45, 7) is 0.577. The molecule has 0 aromatic heterocycles. The van der Waals surface area contributed by atoms with E-state index in [0.717, 1.165) is 6.42 Å². The Balaban J connectivity index is 1.96. The third kappa shape index (κ3) is 2.18. The summed E-state index contributed by atoms with van der Waals surface area (Å²) in [4.78, 5) is 0. The molecule has 1 atom stereocenters. The van der Waals surface area contributed by atoms with Crippen LogP contribution in [0.4, 0.5) is 0 Å². The molecule has 0 amide bonds. The molecule has 1 unspecified atom stereocenters. The first-order valence-electron chi connectivity index (χ1n) is 4.22. The topological polar surface area (TPSA) is 18.5 Å². The maximum absolute atomic E-state index is 5.27. The van der Waals surface area contributed by atoms with E-state index in [-0.39, 0.29) is 11.3 Å². The van der Waals surface area contributed by atoms with Gasteiger partial charge >= 0.3 is 5.24 Å². The number of thiocarbonyl (C=S) groups is 1. The lowest BCUT2D eigenvalue weighted by Crippen LogP contribution is -2.13. The van der Waals surface area contributed by atoms with Crippen molar-refractivity contribution in [1.29, 1.82) is 0 Å². The van der Waals surface area contributed by atoms with Gasteiger partial charge in [0.2, 0.25) is 0 Å². The minimum atomic E-state index is 0.0925. The van der Waals surface area contributed by atoms with E-state index in [1.54, 1.807) is 0 Å². The van der Waals surface area contributed by atoms with Crippen LogP contribution in [0.25, 0.3) is 0 Å². The molecule has 2 rings (SSSR count). The lowest BCUT2D eigenvalue weighted by molar-refractivity contribution is 0.230. The first kappa shape index (κ1) is 8.51. The fourth-order valence-corrected chi connectivity index (χ4v) is 1.55. The molecule has 1 saturated heterocycles. The second kappa shape index (κ2) is 3.75. The molecule has 13 heavy (non-hydrogen) atoms. The summed E-state index contributed by atoms with van der Waals surface area (Å²) in [5.41, 5.74) is 1.25. The van der Waals surface area contributed by atoms with Gasteiger partial charge in [-0.15, -0.1) is 0 Å². The minimum absolute atomic E-state index is 0.0925. The minimum Gasteiger partial charge on any atom is -0.453 e. The van der Waals surface area contributed by atoms with Crippen LogP contribution in [0.2, 0.25) is 0 Å². The van der Waals surface area contributed by atoms with Gasteiger partial charge < -0.3 is 9.47 Å². The maximum atomic E-state index is 5.27. The van der Waals surface area contributed by atoms with E-state index in [9.17, 15) is 0 Å². The molecule has 1 aromatic rings. The van der Waals surface area contributed by atoms with Crippen LogP contribution in [0.3, 0.4) is 0 Å². The molecule has 1 aromatic carbocycles. The first-order chi connectivity index (χ1) is 6.34. The van der Waals surface area contributed by atoms with E-state index in [4.69, 9.17) is 21.7 Å². The predicted octanol–water partition coefficient (Wildman–Crippen LogP) is 1.93. The molecule has 68 valence electrons. The van der Waals surface area contributed by atoms with E-state index >= 15 is 0 Å². The average molecular weight is 194 g/mol. The van der Waals surface area contributed by atoms with E-state index in [1.165, 1.54) is 5.56 Å². The molecular formula is C10H10O2S. The van der Waals surface area contributed by atoms with Gasteiger partial charge in [-0.1, -0.05) is 30.3 Å². The Morgan fingerprint density at radius 1 is 1.31 bits per heavy atom. The molecule has 1 aliphatic rings. The molecule has 0 radical (unpaired) electrons. The molecular weight excluding hydrogens is 184 g/mol. The zero-order chi connectivity index (χ0) is 9.10. The second-order valence-electron chi connectivity index (χ2n) is 2.99. The van der Waals surface area contributed by atoms with Crippen molar-refractivity contribution in [2.24, 2.45) is 0 Å². The summed E-state index contributed by atoms with van der Waals surface area (Å²) in [6, 6.07) is 10.2. The average Bonchev–Trinajstić information content (AvgIpc) is 2.53. The number of hydrogen-bond donors (Lipinski definition) is 0. The van der Waals surface area contributed by atoms with Gasteiger partial charge in [0.25, 0.3) is 0 Å². The summed E-state index contributed by atoms with van der Waals surface area (Å²) in [5, 5.41) is 0.279. The van der Waals surface area contributed by atoms with Crippen LogP contribution in [0.1, 0.15) is 5.56 Å². The fourth-order valence-electron chi connectivity index (χ4n) is 1.34. The zero-order valence-corrected chi connectivity index (χ0v) is 7.92. The zero-order valence-electron chi connectivity index (χ0n) is 7.10. The van der Waals surface area contributed by atoms with E-state index < -0.39 is 0 Å². The Hall–Kier alpha value is -1.09. The normalized spacial score (nSPS) is 20.9. The maximum Gasteiger partial charge on any atom is 0.352 e. The van der Waals surface area contributed by atoms with Gasteiger partial charge in [-0.2, -0.15) is 0 Å². The number of benzene rings is 1. The highest BCUT2D eigenvalue weighted by molar-refractivity contribution is 7.79. The SMILES string of the molecule is S=C1OCC(Cc2ccccc2)O1. The summed E-state index contributed by atoms with van der Waals surface area (Å²) in [7, 11) is 0. The van der Waals surface area contributed by atoms with Gasteiger partial charge in [0, 0.05) is 18.6 Å². The van der Waals surface area contributed by atoms with Crippen molar-refractivity contribution in [1.82, 2.24) is 0 Å². The molecule has 0 bridgehead atoms. The smallest absolute Gasteiger partial charge is 0.352 e. The largest absolute Gasteiger partial charge is 0.453 e. The number of hydrogen-bond acceptors (Lipinski definition) is 3. The third-order valence-electron chi connectivity index (χ3n) is 1.96. The predicted molar refractivity (Wildman–Crippen MR) is 53.6 cm³/mol. The summed E-state index contributed by atoms with van der Waals surface area (Å²) < 4.78 is 10.3. The van der Waals surface area contributed by atoms with Gasteiger partial charge in [0.05, 0.1) is 0 Å². The standard InChI is InChI=1S/C10H10O2S/c13-10-11-7-9(12-10)6-8-4-2-1-3-5-8/h1-5,9H,6-7H2. The van der Waals surface area contributed by atoms with Crippen LogP contribution < -0.4 is 0 Å². The molecule has 1 fully saturated rings. The number of ether oxygens (including phenoxy) is 2. The monoisotopic (exact) mass is 194 g/mol. The quantitative estimate of drug-likeness (QED) is 0.670. The Labute approximate surface area is 82.5 Å².